The summed E-state index contributed by atoms with van der Waals surface area (Å²) in [6.45, 7) is 6.36. The van der Waals surface area contributed by atoms with Crippen molar-refractivity contribution in [2.45, 2.75) is 271 Å². The number of carbonyl (C=O) groups excluding carboxylic acids is 3. The molecule has 0 aliphatic carbocycles. The SMILES string of the molecule is CC/C=C\C/C=C\C/C=C\C/C=C\C/C=C\C/C=C\C/C=C\CCCCCCCC(=O)OCC(COC(=O)CCCCCCC/C=C\CCCCCC)OC(=O)CCCCCCCC/C=C\C/C=C\C/C=C\C/C=C\CC. The van der Waals surface area contributed by atoms with Crippen LogP contribution in [0.15, 0.2) is 146 Å². The zero-order chi connectivity index (χ0) is 55.7. The molecule has 0 amide bonds. The minimum Gasteiger partial charge on any atom is -0.462 e. The first-order chi connectivity index (χ1) is 38.0. The maximum atomic E-state index is 12.9. The Balaban J connectivity index is 4.43. The predicted molar refractivity (Wildman–Crippen MR) is 334 cm³/mol. The Kier molecular flexibility index (Phi) is 59.9. The topological polar surface area (TPSA) is 78.9 Å². The summed E-state index contributed by atoms with van der Waals surface area (Å²) in [5.74, 6) is -0.943. The molecule has 0 aromatic rings. The van der Waals surface area contributed by atoms with Gasteiger partial charge in [-0.15, -0.1) is 0 Å². The van der Waals surface area contributed by atoms with Crippen LogP contribution in [0.3, 0.4) is 0 Å². The van der Waals surface area contributed by atoms with E-state index in [1.165, 1.54) is 51.4 Å². The lowest BCUT2D eigenvalue weighted by Crippen LogP contribution is -2.30. The average Bonchev–Trinajstić information content (AvgIpc) is 3.43. The minimum atomic E-state index is -0.805. The largest absolute Gasteiger partial charge is 0.462 e. The summed E-state index contributed by atoms with van der Waals surface area (Å²) in [4.78, 5) is 38.3. The monoisotopic (exact) mass is 1060 g/mol. The molecule has 0 aromatic carbocycles. The van der Waals surface area contributed by atoms with E-state index in [0.29, 0.717) is 19.3 Å². The van der Waals surface area contributed by atoms with Crippen LogP contribution in [0, 0.1) is 0 Å². The Morgan fingerprint density at radius 1 is 0.273 bits per heavy atom. The number of ether oxygens (including phenoxy) is 3. The molecule has 1 unspecified atom stereocenters. The molecule has 434 valence electrons. The lowest BCUT2D eigenvalue weighted by molar-refractivity contribution is -0.167. The quantitative estimate of drug-likeness (QED) is 0.0261. The fourth-order valence-corrected chi connectivity index (χ4v) is 8.17. The number of unbranched alkanes of at least 4 members (excludes halogenated alkanes) is 20. The average molecular weight is 1060 g/mol. The third kappa shape index (κ3) is 62.0. The van der Waals surface area contributed by atoms with Crippen molar-refractivity contribution in [2.75, 3.05) is 13.2 Å². The second-order valence-corrected chi connectivity index (χ2v) is 20.2. The second kappa shape index (κ2) is 63.8. The molecule has 0 aliphatic rings. The summed E-state index contributed by atoms with van der Waals surface area (Å²) >= 11 is 0. The van der Waals surface area contributed by atoms with Crippen LogP contribution in [0.4, 0.5) is 0 Å². The van der Waals surface area contributed by atoms with E-state index in [1.807, 2.05) is 0 Å². The number of rotatable bonds is 55. The van der Waals surface area contributed by atoms with E-state index in [-0.39, 0.29) is 31.1 Å². The summed E-state index contributed by atoms with van der Waals surface area (Å²) in [5, 5.41) is 0. The number of esters is 3. The van der Waals surface area contributed by atoms with Gasteiger partial charge in [-0.3, -0.25) is 14.4 Å². The number of carbonyl (C=O) groups is 3. The van der Waals surface area contributed by atoms with Crippen LogP contribution in [0.5, 0.6) is 0 Å². The van der Waals surface area contributed by atoms with Crippen molar-refractivity contribution in [3.8, 4) is 0 Å². The summed E-state index contributed by atoms with van der Waals surface area (Å²) in [6, 6.07) is 0. The van der Waals surface area contributed by atoms with Crippen molar-refractivity contribution in [2.24, 2.45) is 0 Å². The van der Waals surface area contributed by atoms with Crippen molar-refractivity contribution in [1.82, 2.24) is 0 Å². The lowest BCUT2D eigenvalue weighted by atomic mass is 10.1. The van der Waals surface area contributed by atoms with Crippen LogP contribution in [0.1, 0.15) is 265 Å². The van der Waals surface area contributed by atoms with Crippen LogP contribution >= 0.6 is 0 Å². The smallest absolute Gasteiger partial charge is 0.306 e. The van der Waals surface area contributed by atoms with E-state index in [9.17, 15) is 14.4 Å². The summed E-state index contributed by atoms with van der Waals surface area (Å²) in [6.07, 6.45) is 91.3. The number of hydrogen-bond acceptors (Lipinski definition) is 6. The van der Waals surface area contributed by atoms with Gasteiger partial charge in [0.05, 0.1) is 0 Å². The molecule has 0 N–H and O–H groups in total. The molecule has 0 rings (SSSR count). The van der Waals surface area contributed by atoms with E-state index in [2.05, 4.69) is 167 Å². The van der Waals surface area contributed by atoms with Gasteiger partial charge >= 0.3 is 17.9 Å². The predicted octanol–water partition coefficient (Wildman–Crippen LogP) is 21.5. The van der Waals surface area contributed by atoms with Crippen LogP contribution in [0.25, 0.3) is 0 Å². The summed E-state index contributed by atoms with van der Waals surface area (Å²) in [5.41, 5.74) is 0. The maximum Gasteiger partial charge on any atom is 0.306 e. The Morgan fingerprint density at radius 2 is 0.506 bits per heavy atom. The molecular weight excluding hydrogens is 949 g/mol. The minimum absolute atomic E-state index is 0.0995. The molecule has 1 atom stereocenters. The van der Waals surface area contributed by atoms with Crippen LogP contribution < -0.4 is 0 Å². The maximum absolute atomic E-state index is 12.9. The van der Waals surface area contributed by atoms with Gasteiger partial charge in [-0.05, 0) is 141 Å². The zero-order valence-corrected chi connectivity index (χ0v) is 49.7. The Labute approximate surface area is 474 Å². The lowest BCUT2D eigenvalue weighted by Gasteiger charge is -2.18. The molecule has 0 saturated heterocycles. The van der Waals surface area contributed by atoms with Gasteiger partial charge in [-0.1, -0.05) is 250 Å². The third-order valence-electron chi connectivity index (χ3n) is 12.8. The fraction of sp³-hybridized carbons (Fsp3) is 0.620. The molecular formula is C71H114O6. The normalized spacial score (nSPS) is 13.1. The highest BCUT2D eigenvalue weighted by Gasteiger charge is 2.19. The molecule has 6 nitrogen and oxygen atoms in total. The van der Waals surface area contributed by atoms with Gasteiger partial charge in [0.1, 0.15) is 13.2 Å². The molecule has 0 radical (unpaired) electrons. The van der Waals surface area contributed by atoms with Gasteiger partial charge in [0, 0.05) is 19.3 Å². The van der Waals surface area contributed by atoms with Gasteiger partial charge in [-0.2, -0.15) is 0 Å². The van der Waals surface area contributed by atoms with Gasteiger partial charge in [0.25, 0.3) is 0 Å². The van der Waals surface area contributed by atoms with Crippen molar-refractivity contribution in [1.29, 1.82) is 0 Å². The van der Waals surface area contributed by atoms with Crippen LogP contribution in [0.2, 0.25) is 0 Å². The van der Waals surface area contributed by atoms with Crippen molar-refractivity contribution >= 4 is 17.9 Å². The molecule has 0 saturated carbocycles. The number of allylic oxidation sites excluding steroid dienone is 24. The third-order valence-corrected chi connectivity index (χ3v) is 12.8. The highest BCUT2D eigenvalue weighted by Crippen LogP contribution is 2.14. The van der Waals surface area contributed by atoms with Gasteiger partial charge in [-0.25, -0.2) is 0 Å². The summed E-state index contributed by atoms with van der Waals surface area (Å²) in [7, 11) is 0. The molecule has 0 heterocycles. The fourth-order valence-electron chi connectivity index (χ4n) is 8.17. The van der Waals surface area contributed by atoms with Crippen LogP contribution in [-0.4, -0.2) is 37.2 Å². The molecule has 0 aliphatic heterocycles. The van der Waals surface area contributed by atoms with Gasteiger partial charge in [0.2, 0.25) is 0 Å². The van der Waals surface area contributed by atoms with E-state index in [1.54, 1.807) is 0 Å². The van der Waals surface area contributed by atoms with Gasteiger partial charge in [0.15, 0.2) is 6.10 Å². The van der Waals surface area contributed by atoms with Crippen LogP contribution in [-0.2, 0) is 28.6 Å². The standard InChI is InChI=1S/C71H114O6/c1-4-7-10-13-16-19-22-25-27-29-31-32-33-34-35-36-37-38-40-41-43-46-49-52-55-58-61-64-70(73)76-67-68(66-75-69(72)63-60-57-54-51-48-45-24-21-18-15-12-9-6-3)77-71(74)65-62-59-56-53-50-47-44-42-39-30-28-26-23-20-17-14-11-8-5-2/h7-8,10-11,16-17,19-21,24-28,31-32,34-35,37-39,41-43,68H,4-6,9,12-15,18,22-23,29-30,33,36,40,44-67H2,1-3H3/b10-7-,11-8-,19-16-,20-17-,24-21-,27-25-,28-26-,32-31-,35-34-,38-37-,42-39-,43-41-. The molecule has 77 heavy (non-hydrogen) atoms. The first-order valence-electron chi connectivity index (χ1n) is 31.3. The highest BCUT2D eigenvalue weighted by atomic mass is 16.6. The van der Waals surface area contributed by atoms with E-state index in [0.717, 1.165) is 173 Å². The second-order valence-electron chi connectivity index (χ2n) is 20.2. The van der Waals surface area contributed by atoms with Crippen molar-refractivity contribution in [3.63, 3.8) is 0 Å². The molecule has 0 spiro atoms. The van der Waals surface area contributed by atoms with Crippen molar-refractivity contribution < 1.29 is 28.6 Å². The highest BCUT2D eigenvalue weighted by molar-refractivity contribution is 5.71. The first-order valence-corrected chi connectivity index (χ1v) is 31.3. The summed E-state index contributed by atoms with van der Waals surface area (Å²) < 4.78 is 16.9. The first kappa shape index (κ1) is 72.3. The van der Waals surface area contributed by atoms with E-state index in [4.69, 9.17) is 14.2 Å². The molecule has 0 aromatic heterocycles. The molecule has 0 fully saturated rings. The van der Waals surface area contributed by atoms with E-state index < -0.39 is 6.10 Å². The Morgan fingerprint density at radius 3 is 0.805 bits per heavy atom. The molecule has 0 bridgehead atoms. The molecule has 6 heteroatoms. The zero-order valence-electron chi connectivity index (χ0n) is 49.7. The number of hydrogen-bond donors (Lipinski definition) is 0. The van der Waals surface area contributed by atoms with Crippen molar-refractivity contribution in [3.05, 3.63) is 146 Å². The van der Waals surface area contributed by atoms with Gasteiger partial charge < -0.3 is 14.2 Å². The van der Waals surface area contributed by atoms with E-state index >= 15 is 0 Å². The Hall–Kier alpha value is -4.71. The Bertz CT molecular complexity index is 1700.